The Balaban J connectivity index is 2.37. The van der Waals surface area contributed by atoms with Crippen molar-refractivity contribution in [2.75, 3.05) is 6.61 Å². The van der Waals surface area contributed by atoms with Crippen LogP contribution in [0, 0.1) is 5.41 Å². The first-order valence-corrected chi connectivity index (χ1v) is 9.15. The molecule has 0 heterocycles. The van der Waals surface area contributed by atoms with Gasteiger partial charge in [-0.2, -0.15) is 0 Å². The van der Waals surface area contributed by atoms with Gasteiger partial charge in [0, 0.05) is 0 Å². The van der Waals surface area contributed by atoms with Crippen molar-refractivity contribution < 1.29 is 9.53 Å². The van der Waals surface area contributed by atoms with Gasteiger partial charge in [0.2, 0.25) is 0 Å². The van der Waals surface area contributed by atoms with E-state index in [0.717, 1.165) is 12.8 Å². The van der Waals surface area contributed by atoms with Gasteiger partial charge in [0.25, 0.3) is 0 Å². The molecule has 23 heavy (non-hydrogen) atoms. The molecule has 130 valence electrons. The van der Waals surface area contributed by atoms with Gasteiger partial charge in [-0.1, -0.05) is 90.1 Å². The molecule has 1 unspecified atom stereocenters. The number of unbranched alkanes of at least 4 members (excludes halogenated alkanes) is 5. The average molecular weight is 319 g/mol. The summed E-state index contributed by atoms with van der Waals surface area (Å²) in [7, 11) is 0. The highest BCUT2D eigenvalue weighted by Gasteiger charge is 2.28. The van der Waals surface area contributed by atoms with E-state index in [1.165, 1.54) is 31.2 Å². The molecule has 1 aromatic carbocycles. The highest BCUT2D eigenvalue weighted by Crippen LogP contribution is 2.37. The van der Waals surface area contributed by atoms with Crippen LogP contribution in [0.1, 0.15) is 84.1 Å². The van der Waals surface area contributed by atoms with Crippen LogP contribution in [0.15, 0.2) is 30.3 Å². The fourth-order valence-corrected chi connectivity index (χ4v) is 2.90. The van der Waals surface area contributed by atoms with Gasteiger partial charge < -0.3 is 4.74 Å². The Bertz CT molecular complexity index is 431. The van der Waals surface area contributed by atoms with Crippen LogP contribution in [0.5, 0.6) is 0 Å². The van der Waals surface area contributed by atoms with Crippen molar-refractivity contribution >= 4 is 5.97 Å². The van der Waals surface area contributed by atoms with Gasteiger partial charge in [0.15, 0.2) is 0 Å². The van der Waals surface area contributed by atoms with Gasteiger partial charge in [-0.25, -0.2) is 0 Å². The number of esters is 1. The Morgan fingerprint density at radius 2 is 1.61 bits per heavy atom. The average Bonchev–Trinajstić information content (AvgIpc) is 2.51. The molecule has 2 heteroatoms. The smallest absolute Gasteiger partial charge is 0.306 e. The van der Waals surface area contributed by atoms with Gasteiger partial charge in [-0.3, -0.25) is 4.79 Å². The fourth-order valence-electron chi connectivity index (χ4n) is 2.90. The Morgan fingerprint density at radius 1 is 1.00 bits per heavy atom. The van der Waals surface area contributed by atoms with Gasteiger partial charge in [0.1, 0.15) is 0 Å². The van der Waals surface area contributed by atoms with Crippen LogP contribution in [0.2, 0.25) is 0 Å². The molecule has 0 spiro atoms. The number of rotatable bonds is 10. The van der Waals surface area contributed by atoms with Crippen molar-refractivity contribution in [2.45, 2.75) is 78.6 Å². The van der Waals surface area contributed by atoms with Gasteiger partial charge >= 0.3 is 5.97 Å². The maximum atomic E-state index is 12.2. The highest BCUT2D eigenvalue weighted by molar-refractivity contribution is 5.70. The summed E-state index contributed by atoms with van der Waals surface area (Å²) >= 11 is 0. The second kappa shape index (κ2) is 10.5. The second-order valence-electron chi connectivity index (χ2n) is 7.52. The monoisotopic (exact) mass is 318 g/mol. The quantitative estimate of drug-likeness (QED) is 0.384. The van der Waals surface area contributed by atoms with Crippen molar-refractivity contribution in [2.24, 2.45) is 5.41 Å². The Hall–Kier alpha value is -1.31. The molecule has 0 amide bonds. The van der Waals surface area contributed by atoms with Crippen LogP contribution in [-0.4, -0.2) is 12.6 Å². The molecule has 0 saturated heterocycles. The Morgan fingerprint density at radius 3 is 2.22 bits per heavy atom. The number of hydrogen-bond acceptors (Lipinski definition) is 2. The first-order valence-electron chi connectivity index (χ1n) is 9.15. The molecule has 0 aliphatic heterocycles. The summed E-state index contributed by atoms with van der Waals surface area (Å²) in [6, 6.07) is 10.3. The number of benzene rings is 1. The van der Waals surface area contributed by atoms with Crippen LogP contribution in [0.25, 0.3) is 0 Å². The van der Waals surface area contributed by atoms with Crippen LogP contribution < -0.4 is 0 Å². The second-order valence-corrected chi connectivity index (χ2v) is 7.52. The first kappa shape index (κ1) is 19.7. The zero-order chi connectivity index (χ0) is 17.1. The lowest BCUT2D eigenvalue weighted by Crippen LogP contribution is -2.22. The van der Waals surface area contributed by atoms with Gasteiger partial charge in [-0.05, 0) is 23.3 Å². The minimum absolute atomic E-state index is 0.0422. The fraction of sp³-hybridized carbons (Fsp3) is 0.667. The van der Waals surface area contributed by atoms with E-state index in [1.807, 2.05) is 18.2 Å². The van der Waals surface area contributed by atoms with Crippen LogP contribution >= 0.6 is 0 Å². The molecule has 1 atom stereocenters. The molecular formula is C21H34O2. The molecule has 0 radical (unpaired) electrons. The third-order valence-corrected chi connectivity index (χ3v) is 4.38. The van der Waals surface area contributed by atoms with E-state index in [-0.39, 0.29) is 17.3 Å². The SMILES string of the molecule is CCCCCCCCOC(=O)CC(c1ccccc1)C(C)(C)C. The van der Waals surface area contributed by atoms with Gasteiger partial charge in [-0.15, -0.1) is 0 Å². The van der Waals surface area contributed by atoms with Crippen molar-refractivity contribution in [3.63, 3.8) is 0 Å². The minimum atomic E-state index is -0.0673. The summed E-state index contributed by atoms with van der Waals surface area (Å²) in [6.45, 7) is 9.35. The van der Waals surface area contributed by atoms with Crippen molar-refractivity contribution in [1.29, 1.82) is 0 Å². The standard InChI is InChI=1S/C21H34O2/c1-5-6-7-8-9-13-16-23-20(22)17-19(21(2,3)4)18-14-11-10-12-15-18/h10-12,14-15,19H,5-9,13,16-17H2,1-4H3. The molecular weight excluding hydrogens is 284 g/mol. The summed E-state index contributed by atoms with van der Waals surface area (Å²) in [5, 5.41) is 0. The van der Waals surface area contributed by atoms with Crippen LogP contribution in [0.3, 0.4) is 0 Å². The zero-order valence-corrected chi connectivity index (χ0v) is 15.4. The summed E-state index contributed by atoms with van der Waals surface area (Å²) in [6.07, 6.45) is 7.73. The van der Waals surface area contributed by atoms with E-state index in [2.05, 4.69) is 39.8 Å². The summed E-state index contributed by atoms with van der Waals surface area (Å²) < 4.78 is 5.46. The van der Waals surface area contributed by atoms with E-state index in [4.69, 9.17) is 4.74 Å². The summed E-state index contributed by atoms with van der Waals surface area (Å²) in [5.74, 6) is 0.128. The predicted octanol–water partition coefficient (Wildman–Crippen LogP) is 6.11. The molecule has 0 N–H and O–H groups in total. The minimum Gasteiger partial charge on any atom is -0.466 e. The van der Waals surface area contributed by atoms with E-state index in [0.29, 0.717) is 13.0 Å². The summed E-state index contributed by atoms with van der Waals surface area (Å²) in [4.78, 5) is 12.2. The normalized spacial score (nSPS) is 12.9. The maximum absolute atomic E-state index is 12.2. The molecule has 0 aromatic heterocycles. The third-order valence-electron chi connectivity index (χ3n) is 4.38. The lowest BCUT2D eigenvalue weighted by molar-refractivity contribution is -0.144. The topological polar surface area (TPSA) is 26.3 Å². The number of ether oxygens (including phenoxy) is 1. The molecule has 0 saturated carbocycles. The molecule has 0 fully saturated rings. The highest BCUT2D eigenvalue weighted by atomic mass is 16.5. The van der Waals surface area contributed by atoms with Crippen molar-refractivity contribution in [3.8, 4) is 0 Å². The summed E-state index contributed by atoms with van der Waals surface area (Å²) in [5.41, 5.74) is 1.26. The zero-order valence-electron chi connectivity index (χ0n) is 15.4. The van der Waals surface area contributed by atoms with Crippen LogP contribution in [-0.2, 0) is 9.53 Å². The third kappa shape index (κ3) is 8.20. The Labute approximate surface area is 142 Å². The largest absolute Gasteiger partial charge is 0.466 e. The van der Waals surface area contributed by atoms with Crippen molar-refractivity contribution in [3.05, 3.63) is 35.9 Å². The van der Waals surface area contributed by atoms with E-state index in [1.54, 1.807) is 0 Å². The molecule has 0 aliphatic rings. The number of hydrogen-bond donors (Lipinski definition) is 0. The lowest BCUT2D eigenvalue weighted by atomic mass is 9.75. The van der Waals surface area contributed by atoms with Crippen LogP contribution in [0.4, 0.5) is 0 Å². The van der Waals surface area contributed by atoms with E-state index in [9.17, 15) is 4.79 Å². The molecule has 0 aliphatic carbocycles. The first-order chi connectivity index (χ1) is 10.9. The Kier molecular flexibility index (Phi) is 8.98. The number of carbonyl (C=O) groups excluding carboxylic acids is 1. The maximum Gasteiger partial charge on any atom is 0.306 e. The predicted molar refractivity (Wildman–Crippen MR) is 97.6 cm³/mol. The van der Waals surface area contributed by atoms with Crippen molar-refractivity contribution in [1.82, 2.24) is 0 Å². The molecule has 1 aromatic rings. The van der Waals surface area contributed by atoms with E-state index < -0.39 is 0 Å². The lowest BCUT2D eigenvalue weighted by Gasteiger charge is -2.30. The molecule has 0 bridgehead atoms. The number of carbonyl (C=O) groups is 1. The molecule has 1 rings (SSSR count). The van der Waals surface area contributed by atoms with Gasteiger partial charge in [0.05, 0.1) is 13.0 Å². The van der Waals surface area contributed by atoms with E-state index >= 15 is 0 Å². The molecule has 2 nitrogen and oxygen atoms in total.